The summed E-state index contributed by atoms with van der Waals surface area (Å²) in [5.41, 5.74) is 5.88. The van der Waals surface area contributed by atoms with Crippen LogP contribution in [0.4, 0.5) is 5.69 Å². The molecule has 0 unspecified atom stereocenters. The number of amides is 3. The lowest BCUT2D eigenvalue weighted by Gasteiger charge is -2.08. The van der Waals surface area contributed by atoms with Crippen LogP contribution in [0.3, 0.4) is 0 Å². The van der Waals surface area contributed by atoms with Crippen LogP contribution in [0.1, 0.15) is 25.3 Å². The molecule has 30 heavy (non-hydrogen) atoms. The Balaban J connectivity index is 1.70. The van der Waals surface area contributed by atoms with Gasteiger partial charge in [-0.2, -0.15) is 0 Å². The van der Waals surface area contributed by atoms with Crippen LogP contribution in [0.15, 0.2) is 54.6 Å². The van der Waals surface area contributed by atoms with E-state index < -0.39 is 11.8 Å². The van der Waals surface area contributed by atoms with Gasteiger partial charge in [0.25, 0.3) is 5.91 Å². The van der Waals surface area contributed by atoms with Crippen molar-refractivity contribution >= 4 is 29.5 Å². The highest BCUT2D eigenvalue weighted by Crippen LogP contribution is 2.18. The van der Waals surface area contributed by atoms with E-state index in [0.717, 1.165) is 5.56 Å². The fourth-order valence-corrected chi connectivity index (χ4v) is 2.46. The Hall–Kier alpha value is -3.81. The van der Waals surface area contributed by atoms with E-state index in [9.17, 15) is 14.4 Å². The summed E-state index contributed by atoms with van der Waals surface area (Å²) in [6.07, 6.45) is 2.76. The molecular formula is C22H25N3O5. The van der Waals surface area contributed by atoms with E-state index in [2.05, 4.69) is 16.2 Å². The molecule has 8 heteroatoms. The van der Waals surface area contributed by atoms with Crippen LogP contribution >= 0.6 is 0 Å². The summed E-state index contributed by atoms with van der Waals surface area (Å²) in [5, 5.41) is 2.70. The molecule has 0 aromatic heterocycles. The molecule has 2 rings (SSSR count). The second-order valence-corrected chi connectivity index (χ2v) is 6.12. The van der Waals surface area contributed by atoms with Crippen molar-refractivity contribution in [3.63, 3.8) is 0 Å². The summed E-state index contributed by atoms with van der Waals surface area (Å²) in [6, 6.07) is 14.2. The predicted molar refractivity (Wildman–Crippen MR) is 114 cm³/mol. The summed E-state index contributed by atoms with van der Waals surface area (Å²) in [7, 11) is 1.54. The molecule has 0 saturated carbocycles. The minimum Gasteiger partial charge on any atom is -0.496 e. The van der Waals surface area contributed by atoms with E-state index >= 15 is 0 Å². The number of hydrazine groups is 1. The highest BCUT2D eigenvalue weighted by molar-refractivity contribution is 5.95. The molecule has 0 bridgehead atoms. The summed E-state index contributed by atoms with van der Waals surface area (Å²) in [4.78, 5) is 35.6. The number of anilines is 1. The van der Waals surface area contributed by atoms with Crippen molar-refractivity contribution in [1.82, 2.24) is 10.9 Å². The number of carbonyl (C=O) groups excluding carboxylic acids is 3. The van der Waals surface area contributed by atoms with Gasteiger partial charge in [0.1, 0.15) is 11.5 Å². The zero-order valence-electron chi connectivity index (χ0n) is 16.9. The highest BCUT2D eigenvalue weighted by Gasteiger charge is 2.08. The van der Waals surface area contributed by atoms with E-state index in [0.29, 0.717) is 23.8 Å². The van der Waals surface area contributed by atoms with Gasteiger partial charge in [0.2, 0.25) is 11.8 Å². The number of nitrogens with one attached hydrogen (secondary N) is 3. The lowest BCUT2D eigenvalue weighted by molar-refractivity contribution is -0.128. The number of hydrogen-bond donors (Lipinski definition) is 3. The van der Waals surface area contributed by atoms with Gasteiger partial charge < -0.3 is 14.8 Å². The molecule has 3 amide bonds. The first kappa shape index (κ1) is 22.5. The predicted octanol–water partition coefficient (Wildman–Crippen LogP) is 2.67. The monoisotopic (exact) mass is 411 g/mol. The number of hydrogen-bond acceptors (Lipinski definition) is 5. The Morgan fingerprint density at radius 2 is 1.63 bits per heavy atom. The van der Waals surface area contributed by atoms with Crippen LogP contribution in [0, 0.1) is 0 Å². The standard InChI is InChI=1S/C22H25N3O5/c1-3-30-18-11-9-17(10-12-18)23-20(26)14-15-22(28)25-24-21(27)13-8-16-6-4-5-7-19(16)29-2/h4-13H,3,14-15H2,1-2H3,(H,23,26)(H,24,27)(H,25,28)/b13-8+. The van der Waals surface area contributed by atoms with Gasteiger partial charge in [-0.15, -0.1) is 0 Å². The number of methoxy groups -OCH3 is 1. The molecule has 2 aromatic carbocycles. The second-order valence-electron chi connectivity index (χ2n) is 6.12. The minimum atomic E-state index is -0.506. The van der Waals surface area contributed by atoms with E-state index in [1.807, 2.05) is 19.1 Å². The Morgan fingerprint density at radius 3 is 2.33 bits per heavy atom. The van der Waals surface area contributed by atoms with Crippen molar-refractivity contribution in [3.8, 4) is 11.5 Å². The fourth-order valence-electron chi connectivity index (χ4n) is 2.46. The minimum absolute atomic E-state index is 0.0219. The van der Waals surface area contributed by atoms with Gasteiger partial charge in [-0.1, -0.05) is 18.2 Å². The first-order chi connectivity index (χ1) is 14.5. The fraction of sp³-hybridized carbons (Fsp3) is 0.227. The Labute approximate surface area is 175 Å². The number of rotatable bonds is 9. The molecule has 0 aliphatic heterocycles. The smallest absolute Gasteiger partial charge is 0.262 e. The van der Waals surface area contributed by atoms with Crippen molar-refractivity contribution in [2.75, 3.05) is 19.0 Å². The third-order valence-corrected chi connectivity index (χ3v) is 3.91. The number of para-hydroxylation sites is 1. The molecule has 0 atom stereocenters. The van der Waals surface area contributed by atoms with E-state index in [1.165, 1.54) is 6.08 Å². The molecule has 0 fully saturated rings. The number of carbonyl (C=O) groups is 3. The van der Waals surface area contributed by atoms with Crippen molar-refractivity contribution in [2.45, 2.75) is 19.8 Å². The van der Waals surface area contributed by atoms with Crippen LogP contribution in [0.5, 0.6) is 11.5 Å². The molecule has 2 aromatic rings. The largest absolute Gasteiger partial charge is 0.496 e. The van der Waals surface area contributed by atoms with Gasteiger partial charge in [0, 0.05) is 30.2 Å². The summed E-state index contributed by atoms with van der Waals surface area (Å²) in [5.74, 6) is 0.0511. The SMILES string of the molecule is CCOc1ccc(NC(=O)CCC(=O)NNC(=O)/C=C/c2ccccc2OC)cc1. The van der Waals surface area contributed by atoms with E-state index in [1.54, 1.807) is 49.6 Å². The van der Waals surface area contributed by atoms with Gasteiger partial charge in [0.05, 0.1) is 13.7 Å². The molecule has 158 valence electrons. The molecule has 0 radical (unpaired) electrons. The normalized spacial score (nSPS) is 10.3. The van der Waals surface area contributed by atoms with Crippen molar-refractivity contribution in [3.05, 3.63) is 60.2 Å². The molecule has 0 aliphatic carbocycles. The lowest BCUT2D eigenvalue weighted by atomic mass is 10.2. The first-order valence-corrected chi connectivity index (χ1v) is 9.44. The van der Waals surface area contributed by atoms with Gasteiger partial charge in [-0.05, 0) is 43.3 Å². The van der Waals surface area contributed by atoms with Crippen molar-refractivity contribution in [2.24, 2.45) is 0 Å². The Kier molecular flexibility index (Phi) is 8.92. The van der Waals surface area contributed by atoms with Crippen LogP contribution in [0.2, 0.25) is 0 Å². The van der Waals surface area contributed by atoms with Gasteiger partial charge in [-0.25, -0.2) is 0 Å². The van der Waals surface area contributed by atoms with Crippen LogP contribution in [-0.2, 0) is 14.4 Å². The third-order valence-electron chi connectivity index (χ3n) is 3.91. The Bertz CT molecular complexity index is 894. The number of ether oxygens (including phenoxy) is 2. The highest BCUT2D eigenvalue weighted by atomic mass is 16.5. The number of benzene rings is 2. The van der Waals surface area contributed by atoms with E-state index in [-0.39, 0.29) is 18.7 Å². The molecular weight excluding hydrogens is 386 g/mol. The maximum absolute atomic E-state index is 12.0. The second kappa shape index (κ2) is 11.9. The van der Waals surface area contributed by atoms with Crippen molar-refractivity contribution in [1.29, 1.82) is 0 Å². The van der Waals surface area contributed by atoms with E-state index in [4.69, 9.17) is 9.47 Å². The molecule has 8 nitrogen and oxygen atoms in total. The van der Waals surface area contributed by atoms with Crippen molar-refractivity contribution < 1.29 is 23.9 Å². The van der Waals surface area contributed by atoms with Crippen LogP contribution < -0.4 is 25.6 Å². The van der Waals surface area contributed by atoms with Crippen LogP contribution in [0.25, 0.3) is 6.08 Å². The Morgan fingerprint density at radius 1 is 0.933 bits per heavy atom. The van der Waals surface area contributed by atoms with Crippen LogP contribution in [-0.4, -0.2) is 31.4 Å². The molecule has 0 aliphatic rings. The summed E-state index contributed by atoms with van der Waals surface area (Å²) >= 11 is 0. The summed E-state index contributed by atoms with van der Waals surface area (Å²) in [6.45, 7) is 2.45. The topological polar surface area (TPSA) is 106 Å². The molecule has 0 spiro atoms. The summed E-state index contributed by atoms with van der Waals surface area (Å²) < 4.78 is 10.5. The molecule has 0 saturated heterocycles. The lowest BCUT2D eigenvalue weighted by Crippen LogP contribution is -2.41. The zero-order chi connectivity index (χ0) is 21.8. The average Bonchev–Trinajstić information content (AvgIpc) is 2.76. The first-order valence-electron chi connectivity index (χ1n) is 9.44. The average molecular weight is 411 g/mol. The third kappa shape index (κ3) is 7.67. The molecule has 0 heterocycles. The zero-order valence-corrected chi connectivity index (χ0v) is 16.9. The quantitative estimate of drug-likeness (QED) is 0.435. The van der Waals surface area contributed by atoms with Gasteiger partial charge >= 0.3 is 0 Å². The maximum Gasteiger partial charge on any atom is 0.262 e. The van der Waals surface area contributed by atoms with Gasteiger partial charge in [0.15, 0.2) is 0 Å². The maximum atomic E-state index is 12.0. The van der Waals surface area contributed by atoms with Gasteiger partial charge in [-0.3, -0.25) is 25.2 Å². The molecule has 3 N–H and O–H groups in total.